The van der Waals surface area contributed by atoms with Crippen molar-refractivity contribution in [3.63, 3.8) is 0 Å². The number of hydrogen-bond donors (Lipinski definition) is 1. The van der Waals surface area contributed by atoms with E-state index in [0.717, 1.165) is 51.8 Å². The van der Waals surface area contributed by atoms with E-state index in [4.69, 9.17) is 17.0 Å². The summed E-state index contributed by atoms with van der Waals surface area (Å²) in [6.07, 6.45) is 4.60. The van der Waals surface area contributed by atoms with Crippen LogP contribution in [0.4, 0.5) is 22.7 Å². The van der Waals surface area contributed by atoms with E-state index in [-0.39, 0.29) is 28.5 Å². The molecule has 2 aliphatic heterocycles. The summed E-state index contributed by atoms with van der Waals surface area (Å²) in [7, 11) is 0. The van der Waals surface area contributed by atoms with Crippen molar-refractivity contribution in [3.05, 3.63) is 173 Å². The third-order valence-electron chi connectivity index (χ3n) is 17.1. The SMILES string of the molecule is Cc1cc2c(cc1N1C(c3cc4c(cc3S)C(C)(C)CCC4(C)C)=CB3c4c(cc5ccccc5c41)-c1c(ccc4ccccc14)N3c1cccc3c1oc1ccccc13)C(C)(C)CCC2(C)C. The first kappa shape index (κ1) is 42.0. The zero-order valence-electron chi connectivity index (χ0n) is 40.9. The first-order valence-corrected chi connectivity index (χ1v) is 25.3. The zero-order chi connectivity index (χ0) is 46.8. The molecule has 8 aromatic carbocycles. The first-order chi connectivity index (χ1) is 32.5. The molecule has 3 heterocycles. The Bertz CT molecular complexity index is 3700. The molecular weight excluding hydrogens is 844 g/mol. The molecule has 1 aromatic heterocycles. The molecule has 336 valence electrons. The van der Waals surface area contributed by atoms with Gasteiger partial charge in [-0.05, 0) is 152 Å². The van der Waals surface area contributed by atoms with E-state index in [2.05, 4.69) is 211 Å². The smallest absolute Gasteiger partial charge is 0.325 e. The highest BCUT2D eigenvalue weighted by Crippen LogP contribution is 2.56. The van der Waals surface area contributed by atoms with Gasteiger partial charge in [0.25, 0.3) is 0 Å². The topological polar surface area (TPSA) is 19.6 Å². The molecule has 0 spiro atoms. The maximum absolute atomic E-state index is 6.98. The molecule has 0 unspecified atom stereocenters. The molecule has 4 aliphatic rings. The lowest BCUT2D eigenvalue weighted by molar-refractivity contribution is 0.331. The lowest BCUT2D eigenvalue weighted by Crippen LogP contribution is -2.53. The molecule has 68 heavy (non-hydrogen) atoms. The van der Waals surface area contributed by atoms with Crippen LogP contribution in [0, 0.1) is 6.92 Å². The van der Waals surface area contributed by atoms with E-state index in [1.165, 1.54) is 101 Å². The Labute approximate surface area is 407 Å². The zero-order valence-corrected chi connectivity index (χ0v) is 41.8. The van der Waals surface area contributed by atoms with Crippen LogP contribution >= 0.6 is 12.6 Å². The average Bonchev–Trinajstić information content (AvgIpc) is 3.71. The van der Waals surface area contributed by atoms with Crippen molar-refractivity contribution < 1.29 is 4.42 Å². The maximum Gasteiger partial charge on any atom is 0.325 e. The normalized spacial score (nSPS) is 18.4. The second-order valence-electron chi connectivity index (χ2n) is 23.2. The van der Waals surface area contributed by atoms with Crippen molar-refractivity contribution in [2.75, 3.05) is 9.71 Å². The van der Waals surface area contributed by atoms with Crippen LogP contribution < -0.4 is 15.2 Å². The molecule has 0 atom stereocenters. The number of fused-ring (bicyclic) bond motifs is 11. The second kappa shape index (κ2) is 14.2. The molecule has 9 aromatic rings. The quantitative estimate of drug-likeness (QED) is 0.141. The number of furan rings is 1. The molecule has 0 radical (unpaired) electrons. The minimum atomic E-state index is -0.204. The van der Waals surface area contributed by atoms with E-state index < -0.39 is 0 Å². The number of benzene rings is 8. The highest BCUT2D eigenvalue weighted by molar-refractivity contribution is 7.80. The number of nitrogens with zero attached hydrogens (tertiary/aromatic N) is 2. The highest BCUT2D eigenvalue weighted by Gasteiger charge is 2.46. The average molecular weight is 903 g/mol. The number of thiol groups is 1. The number of aryl methyl sites for hydroxylation is 1. The van der Waals surface area contributed by atoms with Crippen molar-refractivity contribution in [1.29, 1.82) is 0 Å². The molecule has 0 saturated carbocycles. The Morgan fingerprint density at radius 1 is 0.515 bits per heavy atom. The van der Waals surface area contributed by atoms with Crippen molar-refractivity contribution in [3.8, 4) is 11.1 Å². The Balaban J connectivity index is 1.21. The monoisotopic (exact) mass is 902 g/mol. The molecule has 5 heteroatoms. The first-order valence-electron chi connectivity index (χ1n) is 24.9. The van der Waals surface area contributed by atoms with Crippen LogP contribution in [0.15, 0.2) is 149 Å². The molecule has 0 N–H and O–H groups in total. The summed E-state index contributed by atoms with van der Waals surface area (Å²) >= 11 is 5.58. The standard InChI is InChI=1S/C63H59BN2OS/c1-37-31-46-48(62(6,7)29-27-60(46,2)3)34-52(37)65-53(44-33-47-49(35-55(44)68)63(8,9)30-28-61(47,4)5)36-64-57-45(32-39-18-11-13-20-41(39)58(57)65)56-40-19-12-10-17-38(40)25-26-50(56)66(64)51-23-16-22-43-42-21-14-15-24-54(42)67-59(43)51/h10-26,31-36,68H,27-30H2,1-9H3. The van der Waals surface area contributed by atoms with Gasteiger partial charge in [0.2, 0.25) is 0 Å². The summed E-state index contributed by atoms with van der Waals surface area (Å²) < 4.78 is 6.98. The summed E-state index contributed by atoms with van der Waals surface area (Å²) in [6.45, 7) is 21.7. The van der Waals surface area contributed by atoms with Crippen LogP contribution in [0.2, 0.25) is 0 Å². The number of anilines is 4. The largest absolute Gasteiger partial charge is 0.454 e. The molecule has 2 aliphatic carbocycles. The van der Waals surface area contributed by atoms with E-state index in [0.29, 0.717) is 0 Å². The molecule has 13 rings (SSSR count). The van der Waals surface area contributed by atoms with Gasteiger partial charge in [-0.1, -0.05) is 152 Å². The van der Waals surface area contributed by atoms with Gasteiger partial charge in [-0.15, -0.1) is 12.6 Å². The van der Waals surface area contributed by atoms with E-state index in [1.54, 1.807) is 0 Å². The minimum Gasteiger partial charge on any atom is -0.454 e. The Morgan fingerprint density at radius 2 is 1.10 bits per heavy atom. The van der Waals surface area contributed by atoms with Gasteiger partial charge in [0.15, 0.2) is 5.58 Å². The minimum absolute atomic E-state index is 0.00403. The third kappa shape index (κ3) is 5.87. The van der Waals surface area contributed by atoms with Crippen LogP contribution in [-0.4, -0.2) is 6.85 Å². The fraction of sp³-hybridized carbons (Fsp3) is 0.270. The fourth-order valence-electron chi connectivity index (χ4n) is 13.0. The van der Waals surface area contributed by atoms with Crippen LogP contribution in [0.3, 0.4) is 0 Å². The third-order valence-corrected chi connectivity index (χ3v) is 17.5. The second-order valence-corrected chi connectivity index (χ2v) is 23.7. The summed E-state index contributed by atoms with van der Waals surface area (Å²) in [6, 6.07) is 50.5. The van der Waals surface area contributed by atoms with Gasteiger partial charge in [-0.3, -0.25) is 0 Å². The molecular formula is C63H59BN2OS. The molecule has 0 amide bonds. The van der Waals surface area contributed by atoms with Crippen molar-refractivity contribution in [1.82, 2.24) is 0 Å². The van der Waals surface area contributed by atoms with Gasteiger partial charge < -0.3 is 14.1 Å². The van der Waals surface area contributed by atoms with Crippen molar-refractivity contribution in [2.45, 2.75) is 115 Å². The van der Waals surface area contributed by atoms with Crippen LogP contribution in [-0.2, 0) is 21.7 Å². The molecule has 0 saturated heterocycles. The van der Waals surface area contributed by atoms with E-state index >= 15 is 0 Å². The predicted octanol–water partition coefficient (Wildman–Crippen LogP) is 16.9. The van der Waals surface area contributed by atoms with E-state index in [9.17, 15) is 0 Å². The summed E-state index contributed by atoms with van der Waals surface area (Å²) in [4.78, 5) is 6.31. The molecule has 0 bridgehead atoms. The van der Waals surface area contributed by atoms with Gasteiger partial charge >= 0.3 is 6.85 Å². The van der Waals surface area contributed by atoms with Gasteiger partial charge in [0.1, 0.15) is 5.58 Å². The maximum atomic E-state index is 6.98. The van der Waals surface area contributed by atoms with Gasteiger partial charge in [0, 0.05) is 49.3 Å². The molecule has 3 nitrogen and oxygen atoms in total. The number of hydrogen-bond acceptors (Lipinski definition) is 4. The fourth-order valence-corrected chi connectivity index (χ4v) is 13.3. The van der Waals surface area contributed by atoms with Crippen molar-refractivity contribution in [2.24, 2.45) is 0 Å². The van der Waals surface area contributed by atoms with Crippen LogP contribution in [0.1, 0.15) is 114 Å². The number of rotatable bonds is 3. The Hall–Kier alpha value is -6.17. The van der Waals surface area contributed by atoms with Crippen molar-refractivity contribution >= 4 is 96.9 Å². The lowest BCUT2D eigenvalue weighted by atomic mass is 9.47. The van der Waals surface area contributed by atoms with Gasteiger partial charge in [-0.2, -0.15) is 0 Å². The van der Waals surface area contributed by atoms with Crippen LogP contribution in [0.5, 0.6) is 0 Å². The summed E-state index contributed by atoms with van der Waals surface area (Å²) in [5.41, 5.74) is 19.9. The van der Waals surface area contributed by atoms with Crippen LogP contribution in [0.25, 0.3) is 60.3 Å². The highest BCUT2D eigenvalue weighted by atomic mass is 32.1. The lowest BCUT2D eigenvalue weighted by Gasteiger charge is -2.47. The number of para-hydroxylation sites is 2. The Morgan fingerprint density at radius 3 is 1.82 bits per heavy atom. The predicted molar refractivity (Wildman–Crippen MR) is 294 cm³/mol. The molecule has 0 fully saturated rings. The summed E-state index contributed by atoms with van der Waals surface area (Å²) in [5.74, 6) is 2.59. The van der Waals surface area contributed by atoms with Gasteiger partial charge in [0.05, 0.1) is 11.4 Å². The summed E-state index contributed by atoms with van der Waals surface area (Å²) in [5, 5.41) is 7.20. The van der Waals surface area contributed by atoms with Gasteiger partial charge in [-0.25, -0.2) is 0 Å². The Kier molecular flexibility index (Phi) is 8.77. The van der Waals surface area contributed by atoms with E-state index in [1.807, 2.05) is 0 Å².